The van der Waals surface area contributed by atoms with Crippen LogP contribution in [0.25, 0.3) is 11.4 Å². The number of amides is 1. The van der Waals surface area contributed by atoms with E-state index in [1.165, 1.54) is 0 Å². The maximum atomic E-state index is 12.8. The van der Waals surface area contributed by atoms with Crippen LogP contribution < -0.4 is 0 Å². The molecule has 0 aliphatic carbocycles. The maximum Gasteiger partial charge on any atom is 0.271 e. The normalized spacial score (nSPS) is 15.2. The van der Waals surface area contributed by atoms with Crippen LogP contribution in [-0.2, 0) is 18.4 Å². The second-order valence-electron chi connectivity index (χ2n) is 6.84. The Balaban J connectivity index is 1.31. The topological polar surface area (TPSA) is 76.0 Å². The molecule has 7 nitrogen and oxygen atoms in total. The summed E-state index contributed by atoms with van der Waals surface area (Å²) in [5.74, 6) is -0.00586. The maximum absolute atomic E-state index is 12.8. The monoisotopic (exact) mass is 365 g/mol. The number of aryl methyl sites for hydroxylation is 1. The number of aromatic amines is 1. The van der Waals surface area contributed by atoms with Gasteiger partial charge in [-0.15, -0.1) is 0 Å². The summed E-state index contributed by atoms with van der Waals surface area (Å²) < 4.78 is 7.95. The highest BCUT2D eigenvalue weighted by Crippen LogP contribution is 2.20. The molecule has 7 heteroatoms. The van der Waals surface area contributed by atoms with Gasteiger partial charge in [0.05, 0.1) is 18.4 Å². The molecule has 1 amide bonds. The lowest BCUT2D eigenvalue weighted by Crippen LogP contribution is -2.41. The lowest BCUT2D eigenvalue weighted by molar-refractivity contribution is -0.000597. The van der Waals surface area contributed by atoms with Crippen molar-refractivity contribution in [1.29, 1.82) is 0 Å². The molecule has 4 rings (SSSR count). The summed E-state index contributed by atoms with van der Waals surface area (Å²) in [6.45, 7) is 1.94. The van der Waals surface area contributed by atoms with Crippen molar-refractivity contribution in [3.05, 3.63) is 60.2 Å². The SMILES string of the molecule is Cn1cccc1-c1cc(C(=O)N2CCC(OCc3cccnc3)CC2)[nH]n1. The molecule has 0 bridgehead atoms. The number of hydrogen-bond donors (Lipinski definition) is 1. The molecule has 1 N–H and O–H groups in total. The summed E-state index contributed by atoms with van der Waals surface area (Å²) in [7, 11) is 1.96. The number of aromatic nitrogens is 4. The first-order valence-electron chi connectivity index (χ1n) is 9.17. The average Bonchev–Trinajstić information content (AvgIpc) is 3.36. The van der Waals surface area contributed by atoms with Crippen LogP contribution in [0, 0.1) is 0 Å². The van der Waals surface area contributed by atoms with E-state index in [2.05, 4.69) is 15.2 Å². The Morgan fingerprint density at radius 3 is 2.85 bits per heavy atom. The Bertz CT molecular complexity index is 894. The molecule has 3 aromatic rings. The van der Waals surface area contributed by atoms with Crippen LogP contribution in [-0.4, -0.2) is 49.7 Å². The molecule has 0 aromatic carbocycles. The van der Waals surface area contributed by atoms with Gasteiger partial charge in [-0.1, -0.05) is 6.07 Å². The number of nitrogens with one attached hydrogen (secondary N) is 1. The van der Waals surface area contributed by atoms with E-state index in [4.69, 9.17) is 4.74 Å². The average molecular weight is 365 g/mol. The van der Waals surface area contributed by atoms with Crippen LogP contribution >= 0.6 is 0 Å². The molecular weight excluding hydrogens is 342 g/mol. The van der Waals surface area contributed by atoms with Crippen LogP contribution in [0.3, 0.4) is 0 Å². The van der Waals surface area contributed by atoms with Crippen molar-refractivity contribution in [3.8, 4) is 11.4 Å². The first-order valence-corrected chi connectivity index (χ1v) is 9.17. The second-order valence-corrected chi connectivity index (χ2v) is 6.84. The van der Waals surface area contributed by atoms with E-state index in [1.807, 2.05) is 59.2 Å². The molecule has 1 aliphatic rings. The zero-order valence-corrected chi connectivity index (χ0v) is 15.3. The highest BCUT2D eigenvalue weighted by atomic mass is 16.5. The van der Waals surface area contributed by atoms with Gasteiger partial charge in [0.1, 0.15) is 11.4 Å². The molecule has 0 spiro atoms. The number of H-pyrrole nitrogens is 1. The molecule has 1 fully saturated rings. The summed E-state index contributed by atoms with van der Waals surface area (Å²) in [5, 5.41) is 7.17. The van der Waals surface area contributed by atoms with Gasteiger partial charge in [-0.2, -0.15) is 5.10 Å². The second kappa shape index (κ2) is 7.75. The van der Waals surface area contributed by atoms with Gasteiger partial charge in [0, 0.05) is 38.7 Å². The number of rotatable bonds is 5. The number of likely N-dealkylation sites (tertiary alicyclic amines) is 1. The summed E-state index contributed by atoms with van der Waals surface area (Å²) in [5.41, 5.74) is 3.36. The lowest BCUT2D eigenvalue weighted by Gasteiger charge is -2.31. The number of nitrogens with zero attached hydrogens (tertiary/aromatic N) is 4. The van der Waals surface area contributed by atoms with Gasteiger partial charge in [-0.3, -0.25) is 14.9 Å². The predicted octanol–water partition coefficient (Wildman–Crippen LogP) is 2.63. The summed E-state index contributed by atoms with van der Waals surface area (Å²) in [6, 6.07) is 9.68. The predicted molar refractivity (Wildman–Crippen MR) is 101 cm³/mol. The fourth-order valence-electron chi connectivity index (χ4n) is 3.38. The standard InChI is InChI=1S/C20H23N5O2/c1-24-9-3-5-19(24)17-12-18(23-22-17)20(26)25-10-6-16(7-11-25)27-14-15-4-2-8-21-13-15/h2-5,8-9,12-13,16H,6-7,10-11,14H2,1H3,(H,22,23). The number of ether oxygens (including phenoxy) is 1. The third kappa shape index (κ3) is 3.93. The molecule has 0 saturated carbocycles. The van der Waals surface area contributed by atoms with E-state index in [-0.39, 0.29) is 12.0 Å². The van der Waals surface area contributed by atoms with Crippen molar-refractivity contribution < 1.29 is 9.53 Å². The molecule has 140 valence electrons. The number of hydrogen-bond acceptors (Lipinski definition) is 4. The Labute approximate surface area is 158 Å². The van der Waals surface area contributed by atoms with E-state index < -0.39 is 0 Å². The fraction of sp³-hybridized carbons (Fsp3) is 0.350. The van der Waals surface area contributed by atoms with E-state index in [9.17, 15) is 4.79 Å². The minimum absolute atomic E-state index is 0.00586. The summed E-state index contributed by atoms with van der Waals surface area (Å²) in [4.78, 5) is 18.7. The van der Waals surface area contributed by atoms with Crippen LogP contribution in [0.15, 0.2) is 48.9 Å². The van der Waals surface area contributed by atoms with Gasteiger partial charge in [-0.05, 0) is 42.7 Å². The minimum atomic E-state index is -0.00586. The first-order chi connectivity index (χ1) is 13.2. The number of carbonyl (C=O) groups excluding carboxylic acids is 1. The number of piperidine rings is 1. The van der Waals surface area contributed by atoms with Crippen molar-refractivity contribution in [1.82, 2.24) is 24.6 Å². The smallest absolute Gasteiger partial charge is 0.271 e. The Morgan fingerprint density at radius 1 is 1.30 bits per heavy atom. The molecule has 3 aromatic heterocycles. The van der Waals surface area contributed by atoms with Crippen molar-refractivity contribution >= 4 is 5.91 Å². The highest BCUT2D eigenvalue weighted by molar-refractivity contribution is 5.93. The minimum Gasteiger partial charge on any atom is -0.373 e. The quantitative estimate of drug-likeness (QED) is 0.754. The van der Waals surface area contributed by atoms with Gasteiger partial charge < -0.3 is 14.2 Å². The third-order valence-electron chi connectivity index (χ3n) is 4.95. The largest absolute Gasteiger partial charge is 0.373 e. The molecule has 4 heterocycles. The van der Waals surface area contributed by atoms with Crippen LogP contribution in [0.2, 0.25) is 0 Å². The molecule has 0 radical (unpaired) electrons. The van der Waals surface area contributed by atoms with E-state index >= 15 is 0 Å². The first kappa shape index (κ1) is 17.5. The molecule has 1 saturated heterocycles. The van der Waals surface area contributed by atoms with Gasteiger partial charge in [0.2, 0.25) is 0 Å². The van der Waals surface area contributed by atoms with Crippen molar-refractivity contribution in [2.24, 2.45) is 7.05 Å². The zero-order valence-electron chi connectivity index (χ0n) is 15.3. The Morgan fingerprint density at radius 2 is 2.15 bits per heavy atom. The van der Waals surface area contributed by atoms with Gasteiger partial charge in [-0.25, -0.2) is 0 Å². The molecule has 27 heavy (non-hydrogen) atoms. The van der Waals surface area contributed by atoms with Crippen molar-refractivity contribution in [3.63, 3.8) is 0 Å². The van der Waals surface area contributed by atoms with Gasteiger partial charge in [0.15, 0.2) is 0 Å². The summed E-state index contributed by atoms with van der Waals surface area (Å²) in [6.07, 6.45) is 7.39. The van der Waals surface area contributed by atoms with Crippen LogP contribution in [0.1, 0.15) is 28.9 Å². The third-order valence-corrected chi connectivity index (χ3v) is 4.95. The highest BCUT2D eigenvalue weighted by Gasteiger charge is 2.25. The van der Waals surface area contributed by atoms with E-state index in [1.54, 1.807) is 6.20 Å². The number of carbonyl (C=O) groups is 1. The van der Waals surface area contributed by atoms with Crippen LogP contribution in [0.4, 0.5) is 0 Å². The zero-order chi connectivity index (χ0) is 18.6. The molecular formula is C20H23N5O2. The lowest BCUT2D eigenvalue weighted by atomic mass is 10.1. The number of pyridine rings is 1. The van der Waals surface area contributed by atoms with Crippen molar-refractivity contribution in [2.75, 3.05) is 13.1 Å². The van der Waals surface area contributed by atoms with Crippen molar-refractivity contribution in [2.45, 2.75) is 25.6 Å². The Hall–Kier alpha value is -2.93. The molecule has 0 unspecified atom stereocenters. The van der Waals surface area contributed by atoms with Gasteiger partial charge >= 0.3 is 0 Å². The summed E-state index contributed by atoms with van der Waals surface area (Å²) >= 11 is 0. The van der Waals surface area contributed by atoms with Gasteiger partial charge in [0.25, 0.3) is 5.91 Å². The fourth-order valence-corrected chi connectivity index (χ4v) is 3.38. The van der Waals surface area contributed by atoms with Crippen LogP contribution in [0.5, 0.6) is 0 Å². The Kier molecular flexibility index (Phi) is 5.02. The molecule has 1 aliphatic heterocycles. The van der Waals surface area contributed by atoms with E-state index in [0.29, 0.717) is 25.4 Å². The molecule has 0 atom stereocenters. The van der Waals surface area contributed by atoms with E-state index in [0.717, 1.165) is 29.8 Å².